The van der Waals surface area contributed by atoms with Gasteiger partial charge in [-0.15, -0.1) is 0 Å². The van der Waals surface area contributed by atoms with Gasteiger partial charge in [-0.1, -0.05) is 38.8 Å². The van der Waals surface area contributed by atoms with Crippen molar-refractivity contribution in [1.29, 1.82) is 0 Å². The monoisotopic (exact) mass is 332 g/mol. The molecule has 1 fully saturated rings. The van der Waals surface area contributed by atoms with Crippen LogP contribution in [0.1, 0.15) is 57.9 Å². The third kappa shape index (κ3) is 5.43. The standard InChI is InChI=1S/C20H32N2O2/c1-15(2)6-5-7-16(3)21-20(23)22-13-12-18(14-22)17-8-10-19(24-4)11-9-17/h8-11,15-16,18H,5-7,12-14H2,1-4H3,(H,21,23). The summed E-state index contributed by atoms with van der Waals surface area (Å²) in [6.07, 6.45) is 4.48. The van der Waals surface area contributed by atoms with Gasteiger partial charge < -0.3 is 15.0 Å². The Labute approximate surface area is 146 Å². The zero-order chi connectivity index (χ0) is 17.5. The van der Waals surface area contributed by atoms with Gasteiger partial charge in [0.15, 0.2) is 0 Å². The first-order valence-electron chi connectivity index (χ1n) is 9.19. The number of urea groups is 1. The van der Waals surface area contributed by atoms with Gasteiger partial charge >= 0.3 is 6.03 Å². The summed E-state index contributed by atoms with van der Waals surface area (Å²) in [4.78, 5) is 14.4. The predicted molar refractivity (Wildman–Crippen MR) is 98.6 cm³/mol. The zero-order valence-corrected chi connectivity index (χ0v) is 15.5. The van der Waals surface area contributed by atoms with Crippen molar-refractivity contribution in [3.8, 4) is 5.75 Å². The highest BCUT2D eigenvalue weighted by molar-refractivity contribution is 5.75. The minimum absolute atomic E-state index is 0.0862. The van der Waals surface area contributed by atoms with Crippen LogP contribution in [0.2, 0.25) is 0 Å². The first-order chi connectivity index (χ1) is 11.5. The van der Waals surface area contributed by atoms with Crippen molar-refractivity contribution >= 4 is 6.03 Å². The number of likely N-dealkylation sites (tertiary alicyclic amines) is 1. The van der Waals surface area contributed by atoms with Gasteiger partial charge in [0.2, 0.25) is 0 Å². The highest BCUT2D eigenvalue weighted by Gasteiger charge is 2.27. The Bertz CT molecular complexity index is 513. The Hall–Kier alpha value is -1.71. The summed E-state index contributed by atoms with van der Waals surface area (Å²) in [5.41, 5.74) is 1.29. The molecule has 1 saturated heterocycles. The maximum absolute atomic E-state index is 12.4. The normalized spacial score (nSPS) is 18.7. The molecule has 0 aromatic heterocycles. The van der Waals surface area contributed by atoms with E-state index in [2.05, 4.69) is 38.2 Å². The largest absolute Gasteiger partial charge is 0.497 e. The van der Waals surface area contributed by atoms with Crippen LogP contribution in [0.15, 0.2) is 24.3 Å². The van der Waals surface area contributed by atoms with Gasteiger partial charge in [0, 0.05) is 25.0 Å². The number of amides is 2. The van der Waals surface area contributed by atoms with E-state index in [1.165, 1.54) is 18.4 Å². The molecule has 2 unspecified atom stereocenters. The summed E-state index contributed by atoms with van der Waals surface area (Å²) in [6.45, 7) is 8.23. The lowest BCUT2D eigenvalue weighted by molar-refractivity contribution is 0.204. The molecule has 24 heavy (non-hydrogen) atoms. The molecule has 1 N–H and O–H groups in total. The number of carbonyl (C=O) groups is 1. The first kappa shape index (κ1) is 18.6. The molecule has 2 amide bonds. The summed E-state index contributed by atoms with van der Waals surface area (Å²) >= 11 is 0. The van der Waals surface area contributed by atoms with Crippen LogP contribution in [-0.2, 0) is 0 Å². The van der Waals surface area contributed by atoms with Crippen molar-refractivity contribution in [2.75, 3.05) is 20.2 Å². The van der Waals surface area contributed by atoms with Crippen LogP contribution in [0.25, 0.3) is 0 Å². The average Bonchev–Trinajstić information content (AvgIpc) is 3.04. The smallest absolute Gasteiger partial charge is 0.317 e. The number of nitrogens with one attached hydrogen (secondary N) is 1. The van der Waals surface area contributed by atoms with E-state index in [-0.39, 0.29) is 12.1 Å². The molecule has 1 aliphatic heterocycles. The second-order valence-corrected chi connectivity index (χ2v) is 7.38. The van der Waals surface area contributed by atoms with Crippen LogP contribution in [-0.4, -0.2) is 37.2 Å². The topological polar surface area (TPSA) is 41.6 Å². The number of hydrogen-bond donors (Lipinski definition) is 1. The van der Waals surface area contributed by atoms with Gasteiger partial charge in [-0.2, -0.15) is 0 Å². The first-order valence-corrected chi connectivity index (χ1v) is 9.19. The van der Waals surface area contributed by atoms with E-state index in [9.17, 15) is 4.79 Å². The van der Waals surface area contributed by atoms with Crippen LogP contribution in [0.4, 0.5) is 4.79 Å². The number of methoxy groups -OCH3 is 1. The minimum Gasteiger partial charge on any atom is -0.497 e. The minimum atomic E-state index is 0.0862. The van der Waals surface area contributed by atoms with Gasteiger partial charge in [0.25, 0.3) is 0 Å². The Morgan fingerprint density at radius 2 is 1.96 bits per heavy atom. The number of rotatable bonds is 7. The summed E-state index contributed by atoms with van der Waals surface area (Å²) < 4.78 is 5.21. The molecule has 4 nitrogen and oxygen atoms in total. The Balaban J connectivity index is 1.78. The van der Waals surface area contributed by atoms with Gasteiger partial charge in [0.1, 0.15) is 5.75 Å². The fourth-order valence-corrected chi connectivity index (χ4v) is 3.30. The molecule has 0 radical (unpaired) electrons. The lowest BCUT2D eigenvalue weighted by Gasteiger charge is -2.21. The maximum atomic E-state index is 12.4. The molecule has 2 rings (SSSR count). The summed E-state index contributed by atoms with van der Waals surface area (Å²) in [7, 11) is 1.68. The highest BCUT2D eigenvalue weighted by Crippen LogP contribution is 2.28. The molecule has 134 valence electrons. The molecule has 1 aromatic carbocycles. The second kappa shape index (κ2) is 8.95. The van der Waals surface area contributed by atoms with E-state index in [4.69, 9.17) is 4.74 Å². The molecule has 0 bridgehead atoms. The van der Waals surface area contributed by atoms with Crippen LogP contribution in [0, 0.1) is 5.92 Å². The summed E-state index contributed by atoms with van der Waals surface area (Å²) in [5, 5.41) is 3.15. The molecule has 1 aromatic rings. The van der Waals surface area contributed by atoms with Gasteiger partial charge in [0.05, 0.1) is 7.11 Å². The highest BCUT2D eigenvalue weighted by atomic mass is 16.5. The van der Waals surface area contributed by atoms with E-state index in [1.807, 2.05) is 17.0 Å². The molecular weight excluding hydrogens is 300 g/mol. The van der Waals surface area contributed by atoms with Crippen molar-refractivity contribution in [2.45, 2.75) is 58.4 Å². The van der Waals surface area contributed by atoms with Crippen molar-refractivity contribution in [1.82, 2.24) is 10.2 Å². The fraction of sp³-hybridized carbons (Fsp3) is 0.650. The van der Waals surface area contributed by atoms with Crippen molar-refractivity contribution in [3.63, 3.8) is 0 Å². The third-order valence-electron chi connectivity index (χ3n) is 4.85. The molecule has 0 saturated carbocycles. The van der Waals surface area contributed by atoms with Crippen LogP contribution in [0.5, 0.6) is 5.75 Å². The third-order valence-corrected chi connectivity index (χ3v) is 4.85. The number of ether oxygens (including phenoxy) is 1. The number of hydrogen-bond acceptors (Lipinski definition) is 2. The number of benzene rings is 1. The van der Waals surface area contributed by atoms with Gasteiger partial charge in [-0.25, -0.2) is 4.79 Å². The summed E-state index contributed by atoms with van der Waals surface area (Å²) in [5.74, 6) is 2.04. The molecule has 0 aliphatic carbocycles. The second-order valence-electron chi connectivity index (χ2n) is 7.38. The molecule has 0 spiro atoms. The maximum Gasteiger partial charge on any atom is 0.317 e. The fourth-order valence-electron chi connectivity index (χ4n) is 3.30. The quantitative estimate of drug-likeness (QED) is 0.803. The number of nitrogens with zero attached hydrogens (tertiary/aromatic N) is 1. The Kier molecular flexibility index (Phi) is 6.95. The number of carbonyl (C=O) groups excluding carboxylic acids is 1. The lowest BCUT2D eigenvalue weighted by atomic mass is 9.98. The van der Waals surface area contributed by atoms with E-state index in [1.54, 1.807) is 7.11 Å². The summed E-state index contributed by atoms with van der Waals surface area (Å²) in [6, 6.07) is 8.54. The van der Waals surface area contributed by atoms with Crippen molar-refractivity contribution in [2.24, 2.45) is 5.92 Å². The Morgan fingerprint density at radius 3 is 2.58 bits per heavy atom. The molecule has 1 heterocycles. The SMILES string of the molecule is COc1ccc(C2CCN(C(=O)NC(C)CCCC(C)C)C2)cc1. The van der Waals surface area contributed by atoms with Crippen LogP contribution >= 0.6 is 0 Å². The molecule has 4 heteroatoms. The van der Waals surface area contributed by atoms with Gasteiger partial charge in [-0.3, -0.25) is 0 Å². The van der Waals surface area contributed by atoms with Crippen molar-refractivity contribution in [3.05, 3.63) is 29.8 Å². The lowest BCUT2D eigenvalue weighted by Crippen LogP contribution is -2.42. The predicted octanol–water partition coefficient (Wildman–Crippen LogP) is 4.41. The molecule has 1 aliphatic rings. The molecular formula is C20H32N2O2. The van der Waals surface area contributed by atoms with Gasteiger partial charge in [-0.05, 0) is 43.4 Å². The van der Waals surface area contributed by atoms with E-state index in [0.717, 1.165) is 37.6 Å². The van der Waals surface area contributed by atoms with Crippen LogP contribution < -0.4 is 10.1 Å². The van der Waals surface area contributed by atoms with E-state index in [0.29, 0.717) is 5.92 Å². The van der Waals surface area contributed by atoms with Crippen LogP contribution in [0.3, 0.4) is 0 Å². The van der Waals surface area contributed by atoms with E-state index >= 15 is 0 Å². The molecule has 2 atom stereocenters. The van der Waals surface area contributed by atoms with E-state index < -0.39 is 0 Å². The zero-order valence-electron chi connectivity index (χ0n) is 15.5. The van der Waals surface area contributed by atoms with Crippen molar-refractivity contribution < 1.29 is 9.53 Å². The average molecular weight is 332 g/mol. The Morgan fingerprint density at radius 1 is 1.25 bits per heavy atom.